The molecule has 0 fully saturated rings. The minimum absolute atomic E-state index is 0.202. The van der Waals surface area contributed by atoms with Gasteiger partial charge in [0.1, 0.15) is 6.04 Å². The minimum atomic E-state index is -0.635. The van der Waals surface area contributed by atoms with E-state index in [0.29, 0.717) is 19.3 Å². The van der Waals surface area contributed by atoms with Crippen LogP contribution in [0.15, 0.2) is 30.3 Å². The number of terminal acetylenes is 1. The SMILES string of the molecule is C#CCCC[C@H](NC(=O)Cc1ccccc1)C(=O)OC. The summed E-state index contributed by atoms with van der Waals surface area (Å²) in [7, 11) is 1.31. The number of methoxy groups -OCH3 is 1. The Labute approximate surface area is 119 Å². The first-order valence-electron chi connectivity index (χ1n) is 6.52. The third kappa shape index (κ3) is 5.57. The standard InChI is InChI=1S/C16H19NO3/c1-3-4-6-11-14(16(19)20-2)17-15(18)12-13-9-7-5-8-10-13/h1,5,7-10,14H,4,6,11-12H2,2H3,(H,17,18)/t14-/m0/s1. The van der Waals surface area contributed by atoms with Crippen LogP contribution in [0.25, 0.3) is 0 Å². The summed E-state index contributed by atoms with van der Waals surface area (Å²) >= 11 is 0. The van der Waals surface area contributed by atoms with Gasteiger partial charge in [0.15, 0.2) is 0 Å². The molecule has 1 atom stereocenters. The molecule has 0 aliphatic rings. The van der Waals surface area contributed by atoms with Crippen LogP contribution in [0.4, 0.5) is 0 Å². The first-order valence-corrected chi connectivity index (χ1v) is 6.52. The molecule has 20 heavy (non-hydrogen) atoms. The summed E-state index contributed by atoms with van der Waals surface area (Å²) in [6.45, 7) is 0. The second-order valence-electron chi connectivity index (χ2n) is 4.40. The Balaban J connectivity index is 2.53. The maximum Gasteiger partial charge on any atom is 0.328 e. The maximum atomic E-state index is 11.9. The molecule has 0 bridgehead atoms. The first kappa shape index (κ1) is 15.8. The number of amides is 1. The highest BCUT2D eigenvalue weighted by atomic mass is 16.5. The van der Waals surface area contributed by atoms with Gasteiger partial charge < -0.3 is 10.1 Å². The number of benzene rings is 1. The van der Waals surface area contributed by atoms with Crippen molar-refractivity contribution in [1.82, 2.24) is 5.32 Å². The van der Waals surface area contributed by atoms with Gasteiger partial charge >= 0.3 is 5.97 Å². The highest BCUT2D eigenvalue weighted by Gasteiger charge is 2.20. The third-order valence-electron chi connectivity index (χ3n) is 2.84. The molecule has 4 heteroatoms. The summed E-state index contributed by atoms with van der Waals surface area (Å²) in [5.74, 6) is 1.87. The van der Waals surface area contributed by atoms with E-state index in [1.807, 2.05) is 30.3 Å². The average Bonchev–Trinajstić information content (AvgIpc) is 2.46. The average molecular weight is 273 g/mol. The summed E-state index contributed by atoms with van der Waals surface area (Å²) in [5.41, 5.74) is 0.900. The number of hydrogen-bond donors (Lipinski definition) is 1. The second kappa shape index (κ2) is 8.76. The van der Waals surface area contributed by atoms with Crippen LogP contribution in [0.1, 0.15) is 24.8 Å². The van der Waals surface area contributed by atoms with Crippen molar-refractivity contribution >= 4 is 11.9 Å². The quantitative estimate of drug-likeness (QED) is 0.467. The molecule has 106 valence electrons. The van der Waals surface area contributed by atoms with E-state index < -0.39 is 12.0 Å². The minimum Gasteiger partial charge on any atom is -0.467 e. The first-order chi connectivity index (χ1) is 9.67. The summed E-state index contributed by atoms with van der Waals surface area (Å²) in [5, 5.41) is 2.69. The lowest BCUT2D eigenvalue weighted by Gasteiger charge is -2.16. The number of ether oxygens (including phenoxy) is 1. The molecule has 0 radical (unpaired) electrons. The molecule has 1 N–H and O–H groups in total. The van der Waals surface area contributed by atoms with E-state index in [0.717, 1.165) is 5.56 Å². The molecule has 0 aromatic heterocycles. The van der Waals surface area contributed by atoms with Gasteiger partial charge in [-0.05, 0) is 18.4 Å². The van der Waals surface area contributed by atoms with Gasteiger partial charge in [-0.25, -0.2) is 4.79 Å². The van der Waals surface area contributed by atoms with Crippen LogP contribution in [0.3, 0.4) is 0 Å². The number of esters is 1. The molecule has 0 aliphatic heterocycles. The van der Waals surface area contributed by atoms with E-state index in [9.17, 15) is 9.59 Å². The van der Waals surface area contributed by atoms with Gasteiger partial charge in [0.25, 0.3) is 0 Å². The molecule has 4 nitrogen and oxygen atoms in total. The predicted molar refractivity (Wildman–Crippen MR) is 76.8 cm³/mol. The van der Waals surface area contributed by atoms with Crippen molar-refractivity contribution in [3.63, 3.8) is 0 Å². The fraction of sp³-hybridized carbons (Fsp3) is 0.375. The Kier molecular flexibility index (Phi) is 6.91. The van der Waals surface area contributed by atoms with Crippen LogP contribution in [0, 0.1) is 12.3 Å². The Bertz CT molecular complexity index is 476. The van der Waals surface area contributed by atoms with Gasteiger partial charge in [0, 0.05) is 6.42 Å². The van der Waals surface area contributed by atoms with E-state index in [4.69, 9.17) is 6.42 Å². The van der Waals surface area contributed by atoms with Crippen molar-refractivity contribution in [3.05, 3.63) is 35.9 Å². The van der Waals surface area contributed by atoms with Crippen LogP contribution in [0.5, 0.6) is 0 Å². The summed E-state index contributed by atoms with van der Waals surface area (Å²) in [6, 6.07) is 8.72. The van der Waals surface area contributed by atoms with Gasteiger partial charge in [-0.15, -0.1) is 12.3 Å². The zero-order valence-corrected chi connectivity index (χ0v) is 11.6. The van der Waals surface area contributed by atoms with Crippen LogP contribution in [0.2, 0.25) is 0 Å². The number of unbranched alkanes of at least 4 members (excludes halogenated alkanes) is 1. The van der Waals surface area contributed by atoms with E-state index in [2.05, 4.69) is 16.0 Å². The van der Waals surface area contributed by atoms with Gasteiger partial charge in [-0.1, -0.05) is 30.3 Å². The summed E-state index contributed by atoms with van der Waals surface area (Å²) in [6.07, 6.45) is 7.14. The van der Waals surface area contributed by atoms with E-state index in [1.54, 1.807) is 0 Å². The molecule has 1 aromatic carbocycles. The Morgan fingerprint density at radius 1 is 1.35 bits per heavy atom. The number of hydrogen-bond acceptors (Lipinski definition) is 3. The Hall–Kier alpha value is -2.28. The van der Waals surface area contributed by atoms with Crippen LogP contribution < -0.4 is 5.32 Å². The Morgan fingerprint density at radius 3 is 2.65 bits per heavy atom. The normalized spacial score (nSPS) is 11.2. The largest absolute Gasteiger partial charge is 0.467 e. The number of nitrogens with one attached hydrogen (secondary N) is 1. The van der Waals surface area contributed by atoms with Crippen LogP contribution in [-0.4, -0.2) is 25.0 Å². The lowest BCUT2D eigenvalue weighted by Crippen LogP contribution is -2.42. The van der Waals surface area contributed by atoms with E-state index in [1.165, 1.54) is 7.11 Å². The molecule has 0 saturated carbocycles. The molecular weight excluding hydrogens is 254 g/mol. The Morgan fingerprint density at radius 2 is 2.05 bits per heavy atom. The van der Waals surface area contributed by atoms with Crippen molar-refractivity contribution in [2.24, 2.45) is 0 Å². The van der Waals surface area contributed by atoms with Crippen molar-refractivity contribution in [2.75, 3.05) is 7.11 Å². The molecule has 0 unspecified atom stereocenters. The topological polar surface area (TPSA) is 55.4 Å². The molecule has 0 aliphatic carbocycles. The highest BCUT2D eigenvalue weighted by Crippen LogP contribution is 2.04. The van der Waals surface area contributed by atoms with E-state index >= 15 is 0 Å². The van der Waals surface area contributed by atoms with Crippen molar-refractivity contribution in [1.29, 1.82) is 0 Å². The van der Waals surface area contributed by atoms with E-state index in [-0.39, 0.29) is 12.3 Å². The lowest BCUT2D eigenvalue weighted by atomic mass is 10.1. The van der Waals surface area contributed by atoms with Gasteiger partial charge in [-0.3, -0.25) is 4.79 Å². The summed E-state index contributed by atoms with van der Waals surface area (Å²) in [4.78, 5) is 23.5. The van der Waals surface area contributed by atoms with Crippen molar-refractivity contribution < 1.29 is 14.3 Å². The molecular formula is C16H19NO3. The van der Waals surface area contributed by atoms with Crippen molar-refractivity contribution in [3.8, 4) is 12.3 Å². The number of rotatable bonds is 7. The van der Waals surface area contributed by atoms with Crippen LogP contribution >= 0.6 is 0 Å². The smallest absolute Gasteiger partial charge is 0.328 e. The zero-order valence-electron chi connectivity index (χ0n) is 11.6. The third-order valence-corrected chi connectivity index (χ3v) is 2.84. The lowest BCUT2D eigenvalue weighted by molar-refractivity contribution is -0.145. The van der Waals surface area contributed by atoms with Gasteiger partial charge in [0.2, 0.25) is 5.91 Å². The fourth-order valence-corrected chi connectivity index (χ4v) is 1.83. The molecule has 1 rings (SSSR count). The number of carbonyl (C=O) groups excluding carboxylic acids is 2. The van der Waals surface area contributed by atoms with Crippen molar-refractivity contribution in [2.45, 2.75) is 31.7 Å². The molecule has 0 saturated heterocycles. The molecule has 0 heterocycles. The van der Waals surface area contributed by atoms with Gasteiger partial charge in [-0.2, -0.15) is 0 Å². The second-order valence-corrected chi connectivity index (χ2v) is 4.40. The highest BCUT2D eigenvalue weighted by molar-refractivity contribution is 5.85. The predicted octanol–water partition coefficient (Wildman–Crippen LogP) is 1.69. The monoisotopic (exact) mass is 273 g/mol. The summed E-state index contributed by atoms with van der Waals surface area (Å²) < 4.78 is 4.69. The van der Waals surface area contributed by atoms with Crippen LogP contribution in [-0.2, 0) is 20.7 Å². The zero-order chi connectivity index (χ0) is 14.8. The molecule has 1 amide bonds. The van der Waals surface area contributed by atoms with Gasteiger partial charge in [0.05, 0.1) is 13.5 Å². The number of carbonyl (C=O) groups is 2. The fourth-order valence-electron chi connectivity index (χ4n) is 1.83. The molecule has 0 spiro atoms. The molecule has 1 aromatic rings. The maximum absolute atomic E-state index is 11.9.